The maximum atomic E-state index is 13.6. The molecule has 11 heteroatoms. The molecule has 5 rings (SSSR count). The van der Waals surface area contributed by atoms with Gasteiger partial charge in [0.25, 0.3) is 5.56 Å². The molecule has 0 spiro atoms. The molecule has 38 heavy (non-hydrogen) atoms. The summed E-state index contributed by atoms with van der Waals surface area (Å²) in [6.45, 7) is 1.40. The Labute approximate surface area is 232 Å². The zero-order chi connectivity index (χ0) is 27.0. The second-order valence-electron chi connectivity index (χ2n) is 8.23. The number of furan rings is 1. The van der Waals surface area contributed by atoms with Crippen molar-refractivity contribution in [3.63, 3.8) is 0 Å². The number of rotatable bonds is 7. The van der Waals surface area contributed by atoms with Gasteiger partial charge >= 0.3 is 5.97 Å². The second kappa shape index (κ2) is 10.4. The quantitative estimate of drug-likeness (QED) is 0.214. The lowest BCUT2D eigenvalue weighted by atomic mass is 10.2. The number of carboxylic acid groups (broad SMARTS) is 1. The van der Waals surface area contributed by atoms with Gasteiger partial charge in [-0.2, -0.15) is 9.78 Å². The summed E-state index contributed by atoms with van der Waals surface area (Å²) in [5.74, 6) is -0.152. The van der Waals surface area contributed by atoms with Crippen molar-refractivity contribution in [2.24, 2.45) is 5.10 Å². The molecule has 2 heterocycles. The van der Waals surface area contributed by atoms with Crippen LogP contribution in [-0.4, -0.2) is 40.2 Å². The van der Waals surface area contributed by atoms with Crippen LogP contribution in [0.5, 0.6) is 11.5 Å². The molecule has 5 aromatic rings. The Morgan fingerprint density at radius 2 is 1.92 bits per heavy atom. The van der Waals surface area contributed by atoms with Crippen molar-refractivity contribution >= 4 is 65.9 Å². The maximum absolute atomic E-state index is 13.6. The summed E-state index contributed by atoms with van der Waals surface area (Å²) in [6.07, 6.45) is 0.227. The number of fused-ring (bicyclic) bond motifs is 2. The summed E-state index contributed by atoms with van der Waals surface area (Å²) in [6, 6.07) is 17.6. The fourth-order valence-electron chi connectivity index (χ4n) is 3.82. The number of benzene rings is 3. The van der Waals surface area contributed by atoms with Crippen LogP contribution in [0.15, 0.2) is 83.9 Å². The molecule has 0 unspecified atom stereocenters. The number of carboxylic acids is 1. The maximum Gasteiger partial charge on any atom is 0.344 e. The molecule has 0 saturated heterocycles. The first-order chi connectivity index (χ1) is 18.2. The monoisotopic (exact) mass is 639 g/mol. The predicted octanol–water partition coefficient (Wildman–Crippen LogP) is 6.08. The molecule has 0 radical (unpaired) electrons. The standard InChI is InChI=1S/C27H19Br2N3O6/c1-14(27(34)35)37-24-16(10-18(29)12-22(24)36-2)13-30-32-25(31-20-6-4-3-5-19(20)26(32)33)23-11-15-9-17(28)7-8-21(15)38-23/h3-14H,1-2H3,(H,34,35)/t14-/m0/s1. The van der Waals surface area contributed by atoms with E-state index in [1.165, 1.54) is 20.2 Å². The SMILES string of the molecule is COc1cc(Br)cc(C=Nn2c(-c3cc4cc(Br)ccc4o3)nc3ccccc3c2=O)c1O[C@@H](C)C(=O)O. The van der Waals surface area contributed by atoms with E-state index < -0.39 is 17.6 Å². The molecule has 0 amide bonds. The zero-order valence-corrected chi connectivity index (χ0v) is 23.2. The molecule has 2 aromatic heterocycles. The number of aliphatic carboxylic acids is 1. The predicted molar refractivity (Wildman–Crippen MR) is 150 cm³/mol. The van der Waals surface area contributed by atoms with Gasteiger partial charge in [-0.25, -0.2) is 9.78 Å². The van der Waals surface area contributed by atoms with Gasteiger partial charge in [-0.05, 0) is 55.5 Å². The molecular weight excluding hydrogens is 622 g/mol. The van der Waals surface area contributed by atoms with Crippen LogP contribution in [0.2, 0.25) is 0 Å². The van der Waals surface area contributed by atoms with E-state index in [-0.39, 0.29) is 11.6 Å². The Hall–Kier alpha value is -3.96. The molecule has 0 bridgehead atoms. The van der Waals surface area contributed by atoms with Crippen LogP contribution < -0.4 is 15.0 Å². The molecule has 1 atom stereocenters. The average Bonchev–Trinajstić information content (AvgIpc) is 3.32. The van der Waals surface area contributed by atoms with Gasteiger partial charge in [0, 0.05) is 19.9 Å². The Morgan fingerprint density at radius 3 is 2.68 bits per heavy atom. The van der Waals surface area contributed by atoms with Crippen molar-refractivity contribution in [2.45, 2.75) is 13.0 Å². The van der Waals surface area contributed by atoms with Gasteiger partial charge in [-0.3, -0.25) is 4.79 Å². The van der Waals surface area contributed by atoms with Crippen molar-refractivity contribution in [1.29, 1.82) is 0 Å². The summed E-state index contributed by atoms with van der Waals surface area (Å²) in [5, 5.41) is 15.0. The van der Waals surface area contributed by atoms with Crippen molar-refractivity contribution < 1.29 is 23.8 Å². The number of carbonyl (C=O) groups is 1. The molecule has 3 aromatic carbocycles. The summed E-state index contributed by atoms with van der Waals surface area (Å²) >= 11 is 6.88. The molecule has 1 N–H and O–H groups in total. The lowest BCUT2D eigenvalue weighted by Crippen LogP contribution is -2.24. The van der Waals surface area contributed by atoms with Gasteiger partial charge in [0.15, 0.2) is 23.4 Å². The third-order valence-electron chi connectivity index (χ3n) is 5.68. The number of para-hydroxylation sites is 1. The fraction of sp³-hybridized carbons (Fsp3) is 0.111. The molecule has 0 aliphatic heterocycles. The summed E-state index contributed by atoms with van der Waals surface area (Å²) < 4.78 is 19.8. The molecular formula is C27H19Br2N3O6. The number of hydrogen-bond acceptors (Lipinski definition) is 7. The average molecular weight is 641 g/mol. The van der Waals surface area contributed by atoms with Gasteiger partial charge in [-0.1, -0.05) is 44.0 Å². The van der Waals surface area contributed by atoms with Gasteiger partial charge in [0.2, 0.25) is 5.82 Å². The highest BCUT2D eigenvalue weighted by Crippen LogP contribution is 2.35. The summed E-state index contributed by atoms with van der Waals surface area (Å²) in [7, 11) is 1.44. The van der Waals surface area contributed by atoms with Crippen LogP contribution in [0.4, 0.5) is 0 Å². The molecule has 0 fully saturated rings. The lowest BCUT2D eigenvalue weighted by molar-refractivity contribution is -0.144. The Balaban J connectivity index is 1.71. The summed E-state index contributed by atoms with van der Waals surface area (Å²) in [4.78, 5) is 29.7. The van der Waals surface area contributed by atoms with Crippen LogP contribution >= 0.6 is 31.9 Å². The van der Waals surface area contributed by atoms with E-state index in [1.54, 1.807) is 42.5 Å². The van der Waals surface area contributed by atoms with Crippen LogP contribution in [0.3, 0.4) is 0 Å². The third-order valence-corrected chi connectivity index (χ3v) is 6.63. The highest BCUT2D eigenvalue weighted by Gasteiger charge is 2.20. The van der Waals surface area contributed by atoms with E-state index in [9.17, 15) is 14.7 Å². The number of ether oxygens (including phenoxy) is 2. The summed E-state index contributed by atoms with van der Waals surface area (Å²) in [5.41, 5.74) is 1.08. The smallest absolute Gasteiger partial charge is 0.344 e. The second-order valence-corrected chi connectivity index (χ2v) is 10.1. The van der Waals surface area contributed by atoms with Crippen LogP contribution in [0, 0.1) is 0 Å². The van der Waals surface area contributed by atoms with Crippen molar-refractivity contribution in [1.82, 2.24) is 9.66 Å². The normalized spacial score (nSPS) is 12.3. The van der Waals surface area contributed by atoms with Crippen LogP contribution in [-0.2, 0) is 4.79 Å². The van der Waals surface area contributed by atoms with E-state index in [0.717, 1.165) is 14.5 Å². The number of aromatic nitrogens is 2. The number of hydrogen-bond donors (Lipinski definition) is 1. The zero-order valence-electron chi connectivity index (χ0n) is 20.0. The highest BCUT2D eigenvalue weighted by atomic mass is 79.9. The van der Waals surface area contributed by atoms with Crippen LogP contribution in [0.1, 0.15) is 12.5 Å². The number of halogens is 2. The Kier molecular flexibility index (Phi) is 7.04. The highest BCUT2D eigenvalue weighted by molar-refractivity contribution is 9.10. The number of nitrogens with zero attached hydrogens (tertiary/aromatic N) is 3. The van der Waals surface area contributed by atoms with Gasteiger partial charge in [0.1, 0.15) is 5.58 Å². The molecule has 0 saturated carbocycles. The first-order valence-corrected chi connectivity index (χ1v) is 12.9. The third kappa shape index (κ3) is 4.94. The van der Waals surface area contributed by atoms with Gasteiger partial charge in [-0.15, -0.1) is 0 Å². The number of methoxy groups -OCH3 is 1. The minimum Gasteiger partial charge on any atom is -0.493 e. The largest absolute Gasteiger partial charge is 0.493 e. The lowest BCUT2D eigenvalue weighted by Gasteiger charge is -2.16. The van der Waals surface area contributed by atoms with Gasteiger partial charge < -0.3 is 19.0 Å². The topological polar surface area (TPSA) is 116 Å². The first kappa shape index (κ1) is 25.7. The van der Waals surface area contributed by atoms with Gasteiger partial charge in [0.05, 0.1) is 24.2 Å². The van der Waals surface area contributed by atoms with Crippen molar-refractivity contribution in [3.8, 4) is 23.1 Å². The van der Waals surface area contributed by atoms with E-state index in [2.05, 4.69) is 41.9 Å². The molecule has 0 aliphatic rings. The molecule has 192 valence electrons. The van der Waals surface area contributed by atoms with Crippen molar-refractivity contribution in [2.75, 3.05) is 7.11 Å². The molecule has 9 nitrogen and oxygen atoms in total. The minimum atomic E-state index is -1.16. The van der Waals surface area contributed by atoms with E-state index in [0.29, 0.717) is 38.0 Å². The van der Waals surface area contributed by atoms with E-state index >= 15 is 0 Å². The Bertz CT molecular complexity index is 1790. The fourth-order valence-corrected chi connectivity index (χ4v) is 4.66. The Morgan fingerprint density at radius 1 is 1.13 bits per heavy atom. The van der Waals surface area contributed by atoms with E-state index in [4.69, 9.17) is 13.9 Å². The van der Waals surface area contributed by atoms with Crippen molar-refractivity contribution in [3.05, 3.63) is 85.5 Å². The van der Waals surface area contributed by atoms with Crippen LogP contribution in [0.25, 0.3) is 33.5 Å². The first-order valence-electron chi connectivity index (χ1n) is 11.3. The molecule has 0 aliphatic carbocycles. The minimum absolute atomic E-state index is 0.159. The van der Waals surface area contributed by atoms with E-state index in [1.807, 2.05) is 18.2 Å².